The van der Waals surface area contributed by atoms with Crippen LogP contribution in [0.15, 0.2) is 34.9 Å². The van der Waals surface area contributed by atoms with E-state index in [1.54, 1.807) is 0 Å². The number of para-hydroxylation sites is 2. The summed E-state index contributed by atoms with van der Waals surface area (Å²) in [6.45, 7) is 2.61. The van der Waals surface area contributed by atoms with Crippen LogP contribution in [0.5, 0.6) is 5.75 Å². The highest BCUT2D eigenvalue weighted by atomic mass is 79.9. The first kappa shape index (κ1) is 13.4. The summed E-state index contributed by atoms with van der Waals surface area (Å²) in [4.78, 5) is 9.01. The average Bonchev–Trinajstić information content (AvgIpc) is 3.25. The van der Waals surface area contributed by atoms with E-state index in [0.717, 1.165) is 27.7 Å². The topological polar surface area (TPSA) is 47.0 Å². The zero-order chi connectivity index (χ0) is 13.9. The number of ether oxygens (including phenoxy) is 1. The molecule has 1 saturated carbocycles. The Morgan fingerprint density at radius 1 is 1.30 bits per heavy atom. The summed E-state index contributed by atoms with van der Waals surface area (Å²) in [7, 11) is 0. The molecule has 0 bridgehead atoms. The van der Waals surface area contributed by atoms with Crippen LogP contribution in [0.25, 0.3) is 0 Å². The van der Waals surface area contributed by atoms with Crippen LogP contribution in [0.1, 0.15) is 31.5 Å². The Morgan fingerprint density at radius 2 is 2.10 bits per heavy atom. The van der Waals surface area contributed by atoms with Crippen LogP contribution in [0.2, 0.25) is 0 Å². The lowest BCUT2D eigenvalue weighted by Gasteiger charge is -2.12. The summed E-state index contributed by atoms with van der Waals surface area (Å²) in [6.07, 6.45) is 2.37. The summed E-state index contributed by atoms with van der Waals surface area (Å²) in [5, 5.41) is 3.32. The van der Waals surface area contributed by atoms with Crippen LogP contribution < -0.4 is 10.1 Å². The minimum atomic E-state index is 0.523. The van der Waals surface area contributed by atoms with E-state index in [0.29, 0.717) is 12.5 Å². The Balaban J connectivity index is 1.87. The SMILES string of the molecule is CCOc1ccccc1Nc1cc(Br)nc(C2CC2)n1. The third-order valence-corrected chi connectivity index (χ3v) is 3.51. The first-order valence-electron chi connectivity index (χ1n) is 6.79. The van der Waals surface area contributed by atoms with Gasteiger partial charge >= 0.3 is 0 Å². The van der Waals surface area contributed by atoms with E-state index in [2.05, 4.69) is 31.2 Å². The summed E-state index contributed by atoms with van der Waals surface area (Å²) in [5.41, 5.74) is 0.918. The molecule has 1 heterocycles. The lowest BCUT2D eigenvalue weighted by Crippen LogP contribution is -2.02. The number of nitrogens with one attached hydrogen (secondary N) is 1. The fourth-order valence-corrected chi connectivity index (χ4v) is 2.41. The molecule has 4 nitrogen and oxygen atoms in total. The molecule has 5 heteroatoms. The van der Waals surface area contributed by atoms with Crippen molar-refractivity contribution in [3.8, 4) is 5.75 Å². The number of benzene rings is 1. The summed E-state index contributed by atoms with van der Waals surface area (Å²) < 4.78 is 6.42. The third-order valence-electron chi connectivity index (χ3n) is 3.10. The molecule has 104 valence electrons. The van der Waals surface area contributed by atoms with Gasteiger partial charge in [-0.05, 0) is 47.8 Å². The van der Waals surface area contributed by atoms with Gasteiger partial charge in [0.25, 0.3) is 0 Å². The number of anilines is 2. The Hall–Kier alpha value is -1.62. The second-order valence-electron chi connectivity index (χ2n) is 4.76. The number of halogens is 1. The standard InChI is InChI=1S/C15H16BrN3O/c1-2-20-12-6-4-3-5-11(12)17-14-9-13(16)18-15(19-14)10-7-8-10/h3-6,9-10H,2,7-8H2,1H3,(H,17,18,19). The molecule has 2 aromatic rings. The minimum Gasteiger partial charge on any atom is -0.492 e. The summed E-state index contributed by atoms with van der Waals surface area (Å²) in [5.74, 6) is 3.06. The van der Waals surface area contributed by atoms with Crippen molar-refractivity contribution >= 4 is 27.4 Å². The van der Waals surface area contributed by atoms with E-state index in [4.69, 9.17) is 4.74 Å². The van der Waals surface area contributed by atoms with Crippen molar-refractivity contribution in [3.63, 3.8) is 0 Å². The van der Waals surface area contributed by atoms with Crippen molar-refractivity contribution < 1.29 is 4.74 Å². The monoisotopic (exact) mass is 333 g/mol. The predicted molar refractivity (Wildman–Crippen MR) is 82.6 cm³/mol. The molecule has 1 N–H and O–H groups in total. The second kappa shape index (κ2) is 5.79. The third kappa shape index (κ3) is 3.10. The van der Waals surface area contributed by atoms with Crippen molar-refractivity contribution in [2.45, 2.75) is 25.7 Å². The molecule has 1 aromatic carbocycles. The lowest BCUT2D eigenvalue weighted by atomic mass is 10.3. The van der Waals surface area contributed by atoms with Crippen molar-refractivity contribution in [2.75, 3.05) is 11.9 Å². The van der Waals surface area contributed by atoms with Gasteiger partial charge in [0.1, 0.15) is 22.0 Å². The molecular formula is C15H16BrN3O. The van der Waals surface area contributed by atoms with Gasteiger partial charge in [0.2, 0.25) is 0 Å². The smallest absolute Gasteiger partial charge is 0.142 e. The molecule has 3 rings (SSSR count). The fraction of sp³-hybridized carbons (Fsp3) is 0.333. The molecule has 1 aromatic heterocycles. The van der Waals surface area contributed by atoms with Gasteiger partial charge in [-0.2, -0.15) is 0 Å². The molecular weight excluding hydrogens is 318 g/mol. The van der Waals surface area contributed by atoms with E-state index in [9.17, 15) is 0 Å². The fourth-order valence-electron chi connectivity index (χ4n) is 2.01. The van der Waals surface area contributed by atoms with E-state index >= 15 is 0 Å². The number of hydrogen-bond donors (Lipinski definition) is 1. The highest BCUT2D eigenvalue weighted by Gasteiger charge is 2.27. The number of aromatic nitrogens is 2. The van der Waals surface area contributed by atoms with Crippen LogP contribution in [0.3, 0.4) is 0 Å². The maximum absolute atomic E-state index is 5.61. The molecule has 0 amide bonds. The van der Waals surface area contributed by atoms with Gasteiger partial charge in [0.15, 0.2) is 0 Å². The largest absolute Gasteiger partial charge is 0.492 e. The van der Waals surface area contributed by atoms with Gasteiger partial charge in [-0.3, -0.25) is 0 Å². The lowest BCUT2D eigenvalue weighted by molar-refractivity contribution is 0.342. The molecule has 0 radical (unpaired) electrons. The van der Waals surface area contributed by atoms with Crippen LogP contribution >= 0.6 is 15.9 Å². The molecule has 0 unspecified atom stereocenters. The van der Waals surface area contributed by atoms with Crippen LogP contribution in [-0.2, 0) is 0 Å². The maximum atomic E-state index is 5.61. The second-order valence-corrected chi connectivity index (χ2v) is 5.58. The van der Waals surface area contributed by atoms with Crippen molar-refractivity contribution in [3.05, 3.63) is 40.8 Å². The quantitative estimate of drug-likeness (QED) is 0.830. The molecule has 0 spiro atoms. The van der Waals surface area contributed by atoms with Gasteiger partial charge in [-0.25, -0.2) is 9.97 Å². The Labute approximate surface area is 126 Å². The minimum absolute atomic E-state index is 0.523. The van der Waals surface area contributed by atoms with E-state index in [1.165, 1.54) is 12.8 Å². The summed E-state index contributed by atoms with van der Waals surface area (Å²) in [6, 6.07) is 9.75. The molecule has 1 aliphatic rings. The average molecular weight is 334 g/mol. The number of nitrogens with zero attached hydrogens (tertiary/aromatic N) is 2. The molecule has 1 fully saturated rings. The summed E-state index contributed by atoms with van der Waals surface area (Å²) >= 11 is 3.45. The van der Waals surface area contributed by atoms with E-state index in [-0.39, 0.29) is 0 Å². The number of rotatable bonds is 5. The Morgan fingerprint density at radius 3 is 2.85 bits per heavy atom. The van der Waals surface area contributed by atoms with E-state index < -0.39 is 0 Å². The van der Waals surface area contributed by atoms with Crippen LogP contribution in [0, 0.1) is 0 Å². The molecule has 20 heavy (non-hydrogen) atoms. The van der Waals surface area contributed by atoms with Crippen molar-refractivity contribution in [1.29, 1.82) is 0 Å². The first-order valence-corrected chi connectivity index (χ1v) is 7.59. The zero-order valence-corrected chi connectivity index (χ0v) is 12.9. The van der Waals surface area contributed by atoms with Crippen molar-refractivity contribution in [1.82, 2.24) is 9.97 Å². The molecule has 0 atom stereocenters. The Bertz CT molecular complexity index is 614. The zero-order valence-electron chi connectivity index (χ0n) is 11.3. The molecule has 0 saturated heterocycles. The van der Waals surface area contributed by atoms with Gasteiger partial charge in [-0.1, -0.05) is 12.1 Å². The Kier molecular flexibility index (Phi) is 3.87. The van der Waals surface area contributed by atoms with Crippen LogP contribution in [-0.4, -0.2) is 16.6 Å². The molecule has 0 aliphatic heterocycles. The first-order chi connectivity index (χ1) is 9.76. The van der Waals surface area contributed by atoms with E-state index in [1.807, 2.05) is 37.3 Å². The maximum Gasteiger partial charge on any atom is 0.142 e. The van der Waals surface area contributed by atoms with Crippen LogP contribution in [0.4, 0.5) is 11.5 Å². The van der Waals surface area contributed by atoms with Gasteiger partial charge in [0, 0.05) is 12.0 Å². The van der Waals surface area contributed by atoms with Gasteiger partial charge in [-0.15, -0.1) is 0 Å². The highest BCUT2D eigenvalue weighted by molar-refractivity contribution is 9.10. The normalized spacial score (nSPS) is 14.1. The number of hydrogen-bond acceptors (Lipinski definition) is 4. The molecule has 1 aliphatic carbocycles. The highest BCUT2D eigenvalue weighted by Crippen LogP contribution is 2.39. The van der Waals surface area contributed by atoms with Gasteiger partial charge < -0.3 is 10.1 Å². The van der Waals surface area contributed by atoms with Crippen molar-refractivity contribution in [2.24, 2.45) is 0 Å². The van der Waals surface area contributed by atoms with Gasteiger partial charge in [0.05, 0.1) is 12.3 Å². The predicted octanol–water partition coefficient (Wildman–Crippen LogP) is 4.26.